The number of fused-ring (bicyclic) bond motifs is 1. The van der Waals surface area contributed by atoms with Gasteiger partial charge in [-0.1, -0.05) is 0 Å². The van der Waals surface area contributed by atoms with E-state index in [0.717, 1.165) is 17.0 Å². The summed E-state index contributed by atoms with van der Waals surface area (Å²) < 4.78 is 19.9. The number of aromatic nitrogens is 3. The van der Waals surface area contributed by atoms with E-state index in [-0.39, 0.29) is 5.91 Å². The van der Waals surface area contributed by atoms with Gasteiger partial charge in [0.15, 0.2) is 17.7 Å². The van der Waals surface area contributed by atoms with Crippen molar-refractivity contribution < 1.29 is 18.8 Å². The number of pyridine rings is 1. The SMILES string of the molecule is Cc1nn(C)c(C)c1CN1C(=O)[C@@H](C)Oc2ccc(B3OC(C)(C)C(C)(C)O3)nc21. The third kappa shape index (κ3) is 3.20. The summed E-state index contributed by atoms with van der Waals surface area (Å²) in [6.45, 7) is 14.1. The molecule has 1 saturated heterocycles. The van der Waals surface area contributed by atoms with Crippen LogP contribution in [-0.2, 0) is 27.7 Å². The molecular weight excluding hydrogens is 383 g/mol. The molecule has 1 amide bonds. The molecule has 9 heteroatoms. The molecule has 8 nitrogen and oxygen atoms in total. The first kappa shape index (κ1) is 20.9. The second-order valence-corrected chi connectivity index (χ2v) is 9.10. The number of ether oxygens (including phenoxy) is 1. The zero-order valence-electron chi connectivity index (χ0n) is 18.9. The van der Waals surface area contributed by atoms with Crippen molar-refractivity contribution >= 4 is 24.4 Å². The van der Waals surface area contributed by atoms with Crippen LogP contribution in [0.2, 0.25) is 0 Å². The van der Waals surface area contributed by atoms with Gasteiger partial charge in [-0.25, -0.2) is 4.98 Å². The number of aryl methyl sites for hydroxylation is 2. The molecule has 2 aromatic rings. The van der Waals surface area contributed by atoms with Crippen LogP contribution in [0, 0.1) is 13.8 Å². The van der Waals surface area contributed by atoms with E-state index in [9.17, 15) is 4.79 Å². The second-order valence-electron chi connectivity index (χ2n) is 9.10. The molecule has 4 heterocycles. The first-order valence-electron chi connectivity index (χ1n) is 10.2. The van der Waals surface area contributed by atoms with Crippen LogP contribution in [0.3, 0.4) is 0 Å². The molecule has 30 heavy (non-hydrogen) atoms. The van der Waals surface area contributed by atoms with E-state index < -0.39 is 24.4 Å². The van der Waals surface area contributed by atoms with Gasteiger partial charge in [-0.05, 0) is 60.6 Å². The zero-order chi connectivity index (χ0) is 22.0. The Bertz CT molecular complexity index is 1000. The Kier molecular flexibility index (Phi) is 4.74. The molecule has 0 bridgehead atoms. The fourth-order valence-corrected chi connectivity index (χ4v) is 3.75. The monoisotopic (exact) mass is 412 g/mol. The van der Waals surface area contributed by atoms with Crippen LogP contribution >= 0.6 is 0 Å². The molecule has 160 valence electrons. The third-order valence-corrected chi connectivity index (χ3v) is 6.50. The summed E-state index contributed by atoms with van der Waals surface area (Å²) in [4.78, 5) is 19.5. The standard InChI is InChI=1S/C21H29BN4O4/c1-12-15(13(2)25(8)24-12)11-26-18-16(28-14(3)19(26)27)9-10-17(23-18)22-29-20(4,5)21(6,7)30-22/h9-10,14H,11H2,1-8H3/t14-/m1/s1. The molecule has 2 aliphatic rings. The van der Waals surface area contributed by atoms with E-state index in [4.69, 9.17) is 19.0 Å². The van der Waals surface area contributed by atoms with Crippen LogP contribution in [0.1, 0.15) is 51.6 Å². The summed E-state index contributed by atoms with van der Waals surface area (Å²) in [5.41, 5.74) is 2.59. The highest BCUT2D eigenvalue weighted by Gasteiger charge is 2.52. The van der Waals surface area contributed by atoms with Crippen molar-refractivity contribution in [2.75, 3.05) is 4.90 Å². The first-order valence-corrected chi connectivity index (χ1v) is 10.2. The maximum atomic E-state index is 13.0. The van der Waals surface area contributed by atoms with Gasteiger partial charge in [-0.15, -0.1) is 0 Å². The van der Waals surface area contributed by atoms with E-state index in [1.165, 1.54) is 0 Å². The van der Waals surface area contributed by atoms with Crippen LogP contribution in [0.15, 0.2) is 12.1 Å². The van der Waals surface area contributed by atoms with Gasteiger partial charge in [0.2, 0.25) is 0 Å². The Hall–Kier alpha value is -2.39. The van der Waals surface area contributed by atoms with E-state index >= 15 is 0 Å². The maximum absolute atomic E-state index is 13.0. The van der Waals surface area contributed by atoms with Crippen molar-refractivity contribution in [3.63, 3.8) is 0 Å². The van der Waals surface area contributed by atoms with Gasteiger partial charge in [-0.3, -0.25) is 14.4 Å². The van der Waals surface area contributed by atoms with Gasteiger partial charge >= 0.3 is 7.12 Å². The van der Waals surface area contributed by atoms with E-state index in [0.29, 0.717) is 23.7 Å². The lowest BCUT2D eigenvalue weighted by Gasteiger charge is -2.32. The summed E-state index contributed by atoms with van der Waals surface area (Å²) in [6, 6.07) is 3.67. The predicted molar refractivity (Wildman–Crippen MR) is 114 cm³/mol. The van der Waals surface area contributed by atoms with Crippen LogP contribution in [0.4, 0.5) is 5.82 Å². The summed E-state index contributed by atoms with van der Waals surface area (Å²) in [6.07, 6.45) is -0.584. The van der Waals surface area contributed by atoms with Crippen molar-refractivity contribution in [3.8, 4) is 5.75 Å². The lowest BCUT2D eigenvalue weighted by molar-refractivity contribution is -0.125. The van der Waals surface area contributed by atoms with Crippen molar-refractivity contribution in [3.05, 3.63) is 29.1 Å². The molecule has 0 N–H and O–H groups in total. The van der Waals surface area contributed by atoms with E-state index in [1.807, 2.05) is 65.4 Å². The lowest BCUT2D eigenvalue weighted by Crippen LogP contribution is -2.46. The van der Waals surface area contributed by atoms with Gasteiger partial charge < -0.3 is 14.0 Å². The maximum Gasteiger partial charge on any atom is 0.514 e. The normalized spacial score (nSPS) is 22.3. The van der Waals surface area contributed by atoms with Gasteiger partial charge in [0, 0.05) is 18.3 Å². The number of hydrogen-bond donors (Lipinski definition) is 0. The highest BCUT2D eigenvalue weighted by atomic mass is 16.7. The molecule has 4 rings (SSSR count). The van der Waals surface area contributed by atoms with Gasteiger partial charge in [0.25, 0.3) is 5.91 Å². The molecule has 0 radical (unpaired) electrons. The molecule has 1 atom stereocenters. The fourth-order valence-electron chi connectivity index (χ4n) is 3.75. The third-order valence-electron chi connectivity index (χ3n) is 6.50. The number of carbonyl (C=O) groups excluding carboxylic acids is 1. The van der Waals surface area contributed by atoms with Crippen molar-refractivity contribution in [1.29, 1.82) is 0 Å². The van der Waals surface area contributed by atoms with Crippen LogP contribution < -0.4 is 15.2 Å². The number of amides is 1. The van der Waals surface area contributed by atoms with Crippen LogP contribution in [-0.4, -0.2) is 45.1 Å². The summed E-state index contributed by atoms with van der Waals surface area (Å²) in [5.74, 6) is 0.915. The van der Waals surface area contributed by atoms with Crippen LogP contribution in [0.25, 0.3) is 0 Å². The first-order chi connectivity index (χ1) is 13.9. The van der Waals surface area contributed by atoms with E-state index in [2.05, 4.69) is 5.10 Å². The summed E-state index contributed by atoms with van der Waals surface area (Å²) in [7, 11) is 1.29. The highest BCUT2D eigenvalue weighted by Crippen LogP contribution is 2.38. The van der Waals surface area contributed by atoms with Gasteiger partial charge in [0.1, 0.15) is 0 Å². The Labute approximate surface area is 177 Å². The average Bonchev–Trinajstić information content (AvgIpc) is 3.02. The molecule has 0 aliphatic carbocycles. The number of nitrogens with zero attached hydrogens (tertiary/aromatic N) is 4. The van der Waals surface area contributed by atoms with E-state index in [1.54, 1.807) is 11.8 Å². The summed E-state index contributed by atoms with van der Waals surface area (Å²) >= 11 is 0. The lowest BCUT2D eigenvalue weighted by atomic mass is 9.84. The minimum absolute atomic E-state index is 0.135. The number of anilines is 1. The number of carbonyl (C=O) groups is 1. The number of hydrogen-bond acceptors (Lipinski definition) is 6. The molecule has 0 aromatic carbocycles. The van der Waals surface area contributed by atoms with Gasteiger partial charge in [-0.2, -0.15) is 5.10 Å². The molecule has 1 fully saturated rings. The molecule has 2 aromatic heterocycles. The minimum Gasteiger partial charge on any atom is -0.477 e. The molecule has 0 spiro atoms. The predicted octanol–water partition coefficient (Wildman–Crippen LogP) is 2.05. The minimum atomic E-state index is -0.613. The molecule has 2 aliphatic heterocycles. The van der Waals surface area contributed by atoms with Gasteiger partial charge in [0.05, 0.1) is 29.0 Å². The summed E-state index contributed by atoms with van der Waals surface area (Å²) in [5, 5.41) is 4.48. The van der Waals surface area contributed by atoms with Crippen molar-refractivity contribution in [2.45, 2.75) is 72.3 Å². The Balaban J connectivity index is 1.72. The Morgan fingerprint density at radius 2 is 1.77 bits per heavy atom. The smallest absolute Gasteiger partial charge is 0.477 e. The Morgan fingerprint density at radius 1 is 1.13 bits per heavy atom. The highest BCUT2D eigenvalue weighted by molar-refractivity contribution is 6.61. The topological polar surface area (TPSA) is 78.7 Å². The molecule has 0 unspecified atom stereocenters. The largest absolute Gasteiger partial charge is 0.514 e. The zero-order valence-corrected chi connectivity index (χ0v) is 18.9. The fraction of sp³-hybridized carbons (Fsp3) is 0.571. The second kappa shape index (κ2) is 6.82. The van der Waals surface area contributed by atoms with Crippen LogP contribution in [0.5, 0.6) is 5.75 Å². The Morgan fingerprint density at radius 3 is 2.33 bits per heavy atom. The van der Waals surface area contributed by atoms with Crippen molar-refractivity contribution in [1.82, 2.24) is 14.8 Å². The number of rotatable bonds is 3. The quantitative estimate of drug-likeness (QED) is 0.719. The molecular formula is C21H29BN4O4. The molecule has 0 saturated carbocycles. The van der Waals surface area contributed by atoms with Crippen molar-refractivity contribution in [2.24, 2.45) is 7.05 Å². The average molecular weight is 412 g/mol.